The number of nitrogens with zero attached hydrogens (tertiary/aromatic N) is 2. The van der Waals surface area contributed by atoms with Gasteiger partial charge in [-0.05, 0) is 6.07 Å². The van der Waals surface area contributed by atoms with Crippen LogP contribution in [0.4, 0.5) is 0 Å². The number of oxime groups is 1. The molecule has 0 aliphatic rings. The molecule has 0 fully saturated rings. The van der Waals surface area contributed by atoms with E-state index < -0.39 is 0 Å². The first-order valence-electron chi connectivity index (χ1n) is 3.59. The van der Waals surface area contributed by atoms with Crippen LogP contribution in [0.3, 0.4) is 0 Å². The normalized spacial score (nSPS) is 10.4. The van der Waals surface area contributed by atoms with E-state index in [2.05, 4.69) is 15.0 Å². The molecule has 0 aliphatic carbocycles. The maximum Gasteiger partial charge on any atom is 0.140 e. The highest BCUT2D eigenvalue weighted by Crippen LogP contribution is 1.90. The van der Waals surface area contributed by atoms with Gasteiger partial charge in [0.05, 0.1) is 12.8 Å². The highest BCUT2D eigenvalue weighted by Gasteiger charge is 1.84. The molecule has 1 aromatic rings. The van der Waals surface area contributed by atoms with E-state index in [0.717, 1.165) is 5.56 Å². The van der Waals surface area contributed by atoms with Crippen LogP contribution in [0.1, 0.15) is 5.56 Å². The number of aliphatic hydroxyl groups is 1. The highest BCUT2D eigenvalue weighted by molar-refractivity contribution is 5.78. The molecule has 0 saturated heterocycles. The fourth-order valence-electron chi connectivity index (χ4n) is 0.644. The molecule has 0 bridgehead atoms. The molecule has 0 radical (unpaired) electrons. The minimum Gasteiger partial charge on any atom is -0.393 e. The van der Waals surface area contributed by atoms with Crippen molar-refractivity contribution in [3.8, 4) is 0 Å². The minimum absolute atomic E-state index is 0.0234. The lowest BCUT2D eigenvalue weighted by Gasteiger charge is -1.93. The zero-order valence-electron chi connectivity index (χ0n) is 6.55. The van der Waals surface area contributed by atoms with Crippen molar-refractivity contribution in [1.82, 2.24) is 4.98 Å². The lowest BCUT2D eigenvalue weighted by atomic mass is 10.3. The molecule has 4 nitrogen and oxygen atoms in total. The van der Waals surface area contributed by atoms with Gasteiger partial charge >= 0.3 is 0 Å². The van der Waals surface area contributed by atoms with E-state index >= 15 is 0 Å². The van der Waals surface area contributed by atoms with Crippen molar-refractivity contribution in [2.75, 3.05) is 13.2 Å². The van der Waals surface area contributed by atoms with Gasteiger partial charge in [0.2, 0.25) is 0 Å². The van der Waals surface area contributed by atoms with Gasteiger partial charge in [0.1, 0.15) is 6.61 Å². The van der Waals surface area contributed by atoms with Crippen LogP contribution in [0, 0.1) is 0 Å². The van der Waals surface area contributed by atoms with Crippen molar-refractivity contribution in [2.45, 2.75) is 0 Å². The van der Waals surface area contributed by atoms with Crippen LogP contribution in [0.15, 0.2) is 29.7 Å². The second kappa shape index (κ2) is 5.26. The lowest BCUT2D eigenvalue weighted by molar-refractivity contribution is 0.0997. The van der Waals surface area contributed by atoms with Crippen LogP contribution in [0.2, 0.25) is 0 Å². The molecular formula is C8H10N2O2. The molecule has 0 aliphatic heterocycles. The standard InChI is InChI=1S/C8H10N2O2/c11-4-5-12-10-7-8-2-1-3-9-6-8/h1-3,6-7,11H,4-5H2. The van der Waals surface area contributed by atoms with Crippen molar-refractivity contribution < 1.29 is 9.94 Å². The molecular weight excluding hydrogens is 156 g/mol. The molecule has 0 saturated carbocycles. The van der Waals surface area contributed by atoms with Gasteiger partial charge in [-0.1, -0.05) is 11.2 Å². The first kappa shape index (κ1) is 8.67. The first-order chi connectivity index (χ1) is 5.93. The third-order valence-electron chi connectivity index (χ3n) is 1.14. The Morgan fingerprint density at radius 3 is 3.25 bits per heavy atom. The van der Waals surface area contributed by atoms with Crippen LogP contribution in [-0.2, 0) is 4.84 Å². The van der Waals surface area contributed by atoms with Gasteiger partial charge < -0.3 is 9.94 Å². The quantitative estimate of drug-likeness (QED) is 0.401. The molecule has 0 atom stereocenters. The minimum atomic E-state index is -0.0234. The number of aromatic nitrogens is 1. The summed E-state index contributed by atoms with van der Waals surface area (Å²) in [7, 11) is 0. The molecule has 1 N–H and O–H groups in total. The summed E-state index contributed by atoms with van der Waals surface area (Å²) in [4.78, 5) is 8.57. The zero-order chi connectivity index (χ0) is 8.65. The summed E-state index contributed by atoms with van der Waals surface area (Å²) in [6.07, 6.45) is 4.90. The monoisotopic (exact) mass is 166 g/mol. The van der Waals surface area contributed by atoms with E-state index in [-0.39, 0.29) is 13.2 Å². The second-order valence-corrected chi connectivity index (χ2v) is 2.08. The zero-order valence-corrected chi connectivity index (χ0v) is 6.55. The Balaban J connectivity index is 2.36. The summed E-state index contributed by atoms with van der Waals surface area (Å²) >= 11 is 0. The molecule has 0 unspecified atom stereocenters. The van der Waals surface area contributed by atoms with Gasteiger partial charge in [0.25, 0.3) is 0 Å². The van der Waals surface area contributed by atoms with Gasteiger partial charge in [-0.15, -0.1) is 0 Å². The largest absolute Gasteiger partial charge is 0.393 e. The molecule has 1 heterocycles. The van der Waals surface area contributed by atoms with Gasteiger partial charge in [0, 0.05) is 18.0 Å². The Kier molecular flexibility index (Phi) is 3.80. The van der Waals surface area contributed by atoms with E-state index in [1.165, 1.54) is 0 Å². The fourth-order valence-corrected chi connectivity index (χ4v) is 0.644. The van der Waals surface area contributed by atoms with Crippen molar-refractivity contribution in [3.05, 3.63) is 30.1 Å². The van der Waals surface area contributed by atoms with E-state index in [4.69, 9.17) is 5.11 Å². The summed E-state index contributed by atoms with van der Waals surface area (Å²) < 4.78 is 0. The maximum atomic E-state index is 8.35. The molecule has 1 rings (SSSR count). The topological polar surface area (TPSA) is 54.7 Å². The van der Waals surface area contributed by atoms with Crippen LogP contribution >= 0.6 is 0 Å². The predicted molar refractivity (Wildman–Crippen MR) is 44.9 cm³/mol. The third-order valence-corrected chi connectivity index (χ3v) is 1.14. The van der Waals surface area contributed by atoms with Crippen molar-refractivity contribution >= 4 is 6.21 Å². The number of aliphatic hydroxyl groups excluding tert-OH is 1. The summed E-state index contributed by atoms with van der Waals surface area (Å²) in [6.45, 7) is 0.196. The molecule has 4 heteroatoms. The molecule has 0 spiro atoms. The summed E-state index contributed by atoms with van der Waals surface area (Å²) in [5.74, 6) is 0. The van der Waals surface area contributed by atoms with Crippen molar-refractivity contribution in [3.63, 3.8) is 0 Å². The lowest BCUT2D eigenvalue weighted by Crippen LogP contribution is -1.93. The fraction of sp³-hybridized carbons (Fsp3) is 0.250. The number of hydrogen-bond donors (Lipinski definition) is 1. The van der Waals surface area contributed by atoms with E-state index in [1.807, 2.05) is 12.1 Å². The van der Waals surface area contributed by atoms with Gasteiger partial charge in [-0.3, -0.25) is 4.98 Å². The van der Waals surface area contributed by atoms with Crippen LogP contribution in [0.5, 0.6) is 0 Å². The van der Waals surface area contributed by atoms with E-state index in [9.17, 15) is 0 Å². The predicted octanol–water partition coefficient (Wildman–Crippen LogP) is 0.424. The molecule has 0 amide bonds. The highest BCUT2D eigenvalue weighted by atomic mass is 16.6. The average molecular weight is 166 g/mol. The third kappa shape index (κ3) is 3.12. The number of hydrogen-bond acceptors (Lipinski definition) is 4. The van der Waals surface area contributed by atoms with Crippen molar-refractivity contribution in [1.29, 1.82) is 0 Å². The van der Waals surface area contributed by atoms with Crippen LogP contribution in [0.25, 0.3) is 0 Å². The molecule has 0 aromatic carbocycles. The van der Waals surface area contributed by atoms with E-state index in [0.29, 0.717) is 0 Å². The average Bonchev–Trinajstić information content (AvgIpc) is 2.14. The Labute approximate surface area is 70.5 Å². The second-order valence-electron chi connectivity index (χ2n) is 2.08. The number of rotatable bonds is 4. The molecule has 1 aromatic heterocycles. The van der Waals surface area contributed by atoms with Crippen LogP contribution < -0.4 is 0 Å². The Morgan fingerprint density at radius 1 is 1.67 bits per heavy atom. The summed E-state index contributed by atoms with van der Waals surface area (Å²) in [5, 5.41) is 12.0. The van der Waals surface area contributed by atoms with Crippen LogP contribution in [-0.4, -0.2) is 29.5 Å². The summed E-state index contributed by atoms with van der Waals surface area (Å²) in [6, 6.07) is 3.67. The van der Waals surface area contributed by atoms with E-state index in [1.54, 1.807) is 18.6 Å². The SMILES string of the molecule is OCCON=Cc1cccnc1. The summed E-state index contributed by atoms with van der Waals surface area (Å²) in [5.41, 5.74) is 0.871. The number of pyridine rings is 1. The smallest absolute Gasteiger partial charge is 0.140 e. The van der Waals surface area contributed by atoms with Gasteiger partial charge in [-0.2, -0.15) is 0 Å². The van der Waals surface area contributed by atoms with Gasteiger partial charge in [0.15, 0.2) is 0 Å². The first-order valence-corrected chi connectivity index (χ1v) is 3.59. The van der Waals surface area contributed by atoms with Crippen molar-refractivity contribution in [2.24, 2.45) is 5.16 Å². The maximum absolute atomic E-state index is 8.35. The Morgan fingerprint density at radius 2 is 2.58 bits per heavy atom. The molecule has 12 heavy (non-hydrogen) atoms. The van der Waals surface area contributed by atoms with Gasteiger partial charge in [-0.25, -0.2) is 0 Å². The Hall–Kier alpha value is -1.42. The Bertz CT molecular complexity index is 236. The molecule has 64 valence electrons.